The zero-order chi connectivity index (χ0) is 9.84. The zero-order valence-corrected chi connectivity index (χ0v) is 7.14. The van der Waals surface area contributed by atoms with Crippen LogP contribution in [0.1, 0.15) is 6.42 Å². The standard InChI is InChI=1S/C8H11N3O2/c9-2-7-1-6(5-12)4-11(7)8(13)3-10/h5-7H,1,3-4,10H2. The number of hydrogen-bond acceptors (Lipinski definition) is 4. The highest BCUT2D eigenvalue weighted by molar-refractivity contribution is 5.79. The van der Waals surface area contributed by atoms with Gasteiger partial charge in [0.2, 0.25) is 5.91 Å². The predicted molar refractivity (Wildman–Crippen MR) is 44.3 cm³/mol. The van der Waals surface area contributed by atoms with Crippen molar-refractivity contribution in [3.05, 3.63) is 0 Å². The Morgan fingerprint density at radius 1 is 1.77 bits per heavy atom. The molecule has 1 aliphatic rings. The number of nitrogens with zero attached hydrogens (tertiary/aromatic N) is 2. The number of carbonyl (C=O) groups excluding carboxylic acids is 2. The molecule has 0 aromatic carbocycles. The molecule has 1 heterocycles. The molecule has 0 bridgehead atoms. The Bertz CT molecular complexity index is 259. The molecule has 1 rings (SSSR count). The molecule has 1 aliphatic heterocycles. The average Bonchev–Trinajstić information content (AvgIpc) is 2.59. The van der Waals surface area contributed by atoms with E-state index in [2.05, 4.69) is 0 Å². The van der Waals surface area contributed by atoms with Crippen molar-refractivity contribution >= 4 is 12.2 Å². The summed E-state index contributed by atoms with van der Waals surface area (Å²) in [6.45, 7) is 0.224. The fraction of sp³-hybridized carbons (Fsp3) is 0.625. The lowest BCUT2D eigenvalue weighted by Crippen LogP contribution is -2.39. The van der Waals surface area contributed by atoms with E-state index < -0.39 is 6.04 Å². The minimum atomic E-state index is -0.480. The quantitative estimate of drug-likeness (QED) is 0.547. The molecule has 0 aliphatic carbocycles. The van der Waals surface area contributed by atoms with Crippen molar-refractivity contribution in [3.8, 4) is 6.07 Å². The number of likely N-dealkylation sites (tertiary alicyclic amines) is 1. The van der Waals surface area contributed by atoms with Crippen LogP contribution in [0.5, 0.6) is 0 Å². The van der Waals surface area contributed by atoms with Crippen LogP contribution < -0.4 is 5.73 Å². The number of amides is 1. The van der Waals surface area contributed by atoms with E-state index in [1.54, 1.807) is 0 Å². The molecular weight excluding hydrogens is 170 g/mol. The molecule has 2 atom stereocenters. The third-order valence-electron chi connectivity index (χ3n) is 2.17. The van der Waals surface area contributed by atoms with E-state index >= 15 is 0 Å². The lowest BCUT2D eigenvalue weighted by Gasteiger charge is -2.17. The van der Waals surface area contributed by atoms with E-state index in [4.69, 9.17) is 11.0 Å². The van der Waals surface area contributed by atoms with Gasteiger partial charge >= 0.3 is 0 Å². The van der Waals surface area contributed by atoms with Gasteiger partial charge in [0.05, 0.1) is 12.6 Å². The second-order valence-corrected chi connectivity index (χ2v) is 3.03. The minimum absolute atomic E-state index is 0.107. The molecule has 2 N–H and O–H groups in total. The van der Waals surface area contributed by atoms with Crippen LogP contribution in [0, 0.1) is 17.2 Å². The Labute approximate surface area is 76.1 Å². The van der Waals surface area contributed by atoms with Crippen LogP contribution in [0.25, 0.3) is 0 Å². The first kappa shape index (κ1) is 9.68. The number of hydrogen-bond donors (Lipinski definition) is 1. The van der Waals surface area contributed by atoms with Crippen LogP contribution in [0.3, 0.4) is 0 Å². The van der Waals surface area contributed by atoms with Crippen molar-refractivity contribution in [1.29, 1.82) is 5.26 Å². The van der Waals surface area contributed by atoms with Crippen LogP contribution >= 0.6 is 0 Å². The SMILES string of the molecule is N#CC1CC(C=O)CN1C(=O)CN. The molecule has 5 nitrogen and oxygen atoms in total. The maximum absolute atomic E-state index is 11.2. The molecule has 0 aromatic rings. The third kappa shape index (κ3) is 1.84. The molecule has 0 radical (unpaired) electrons. The molecule has 0 aromatic heterocycles. The Hall–Kier alpha value is -1.41. The number of carbonyl (C=O) groups is 2. The molecule has 13 heavy (non-hydrogen) atoms. The van der Waals surface area contributed by atoms with Crippen molar-refractivity contribution in [2.75, 3.05) is 13.1 Å². The maximum atomic E-state index is 11.2. The van der Waals surface area contributed by atoms with Crippen molar-refractivity contribution in [1.82, 2.24) is 4.90 Å². The molecule has 70 valence electrons. The van der Waals surface area contributed by atoms with E-state index in [1.807, 2.05) is 6.07 Å². The molecule has 0 spiro atoms. The van der Waals surface area contributed by atoms with Gasteiger partial charge in [0.25, 0.3) is 0 Å². The number of nitriles is 1. The highest BCUT2D eigenvalue weighted by Gasteiger charge is 2.34. The summed E-state index contributed by atoms with van der Waals surface area (Å²) in [5.41, 5.74) is 5.17. The number of rotatable bonds is 2. The molecule has 0 saturated carbocycles. The Balaban J connectivity index is 2.69. The van der Waals surface area contributed by atoms with Crippen LogP contribution in [-0.4, -0.2) is 36.2 Å². The van der Waals surface area contributed by atoms with Gasteiger partial charge in [-0.25, -0.2) is 0 Å². The average molecular weight is 181 g/mol. The largest absolute Gasteiger partial charge is 0.325 e. The Morgan fingerprint density at radius 3 is 2.92 bits per heavy atom. The molecule has 2 unspecified atom stereocenters. The van der Waals surface area contributed by atoms with Gasteiger partial charge in [-0.2, -0.15) is 5.26 Å². The van der Waals surface area contributed by atoms with Gasteiger partial charge in [0.1, 0.15) is 12.3 Å². The lowest BCUT2D eigenvalue weighted by atomic mass is 10.1. The minimum Gasteiger partial charge on any atom is -0.325 e. The summed E-state index contributed by atoms with van der Waals surface area (Å²) >= 11 is 0. The smallest absolute Gasteiger partial charge is 0.237 e. The van der Waals surface area contributed by atoms with Crippen LogP contribution in [0.2, 0.25) is 0 Å². The number of nitrogens with two attached hydrogens (primary N) is 1. The molecule has 1 saturated heterocycles. The molecular formula is C8H11N3O2. The fourth-order valence-corrected chi connectivity index (χ4v) is 1.48. The summed E-state index contributed by atoms with van der Waals surface area (Å²) in [5.74, 6) is -0.476. The topological polar surface area (TPSA) is 87.2 Å². The summed E-state index contributed by atoms with van der Waals surface area (Å²) in [6, 6.07) is 1.50. The first-order chi connectivity index (χ1) is 6.22. The Kier molecular flexibility index (Phi) is 2.98. The van der Waals surface area contributed by atoms with Crippen LogP contribution in [0.4, 0.5) is 0 Å². The molecule has 5 heteroatoms. The predicted octanol–water partition coefficient (Wildman–Crippen LogP) is -1.12. The second kappa shape index (κ2) is 4.01. The molecule has 1 amide bonds. The summed E-state index contributed by atoms with van der Waals surface area (Å²) in [7, 11) is 0. The second-order valence-electron chi connectivity index (χ2n) is 3.03. The maximum Gasteiger partial charge on any atom is 0.237 e. The van der Waals surface area contributed by atoms with Crippen LogP contribution in [-0.2, 0) is 9.59 Å². The van der Waals surface area contributed by atoms with Gasteiger partial charge in [-0.15, -0.1) is 0 Å². The van der Waals surface area contributed by atoms with Gasteiger partial charge in [-0.05, 0) is 6.42 Å². The van der Waals surface area contributed by atoms with Crippen molar-refractivity contribution in [3.63, 3.8) is 0 Å². The first-order valence-electron chi connectivity index (χ1n) is 4.07. The zero-order valence-electron chi connectivity index (χ0n) is 7.14. The van der Waals surface area contributed by atoms with E-state index in [-0.39, 0.29) is 18.4 Å². The summed E-state index contributed by atoms with van der Waals surface area (Å²) < 4.78 is 0. The van der Waals surface area contributed by atoms with Crippen molar-refractivity contribution in [2.45, 2.75) is 12.5 Å². The fourth-order valence-electron chi connectivity index (χ4n) is 1.48. The van der Waals surface area contributed by atoms with E-state index in [9.17, 15) is 9.59 Å². The summed E-state index contributed by atoms with van der Waals surface area (Å²) in [6.07, 6.45) is 1.22. The van der Waals surface area contributed by atoms with Gasteiger partial charge in [-0.3, -0.25) is 4.79 Å². The van der Waals surface area contributed by atoms with E-state index in [0.717, 1.165) is 6.29 Å². The lowest BCUT2D eigenvalue weighted by molar-refractivity contribution is -0.129. The highest BCUT2D eigenvalue weighted by Crippen LogP contribution is 2.20. The van der Waals surface area contributed by atoms with Crippen molar-refractivity contribution in [2.24, 2.45) is 11.7 Å². The molecule has 1 fully saturated rings. The summed E-state index contributed by atoms with van der Waals surface area (Å²) in [4.78, 5) is 23.0. The van der Waals surface area contributed by atoms with Gasteiger partial charge in [0.15, 0.2) is 0 Å². The highest BCUT2D eigenvalue weighted by atomic mass is 16.2. The van der Waals surface area contributed by atoms with Gasteiger partial charge < -0.3 is 15.4 Å². The van der Waals surface area contributed by atoms with Crippen molar-refractivity contribution < 1.29 is 9.59 Å². The van der Waals surface area contributed by atoms with Crippen LogP contribution in [0.15, 0.2) is 0 Å². The third-order valence-corrected chi connectivity index (χ3v) is 2.17. The Morgan fingerprint density at radius 2 is 2.46 bits per heavy atom. The normalized spacial score (nSPS) is 26.9. The first-order valence-corrected chi connectivity index (χ1v) is 4.07. The van der Waals surface area contributed by atoms with Gasteiger partial charge in [-0.1, -0.05) is 0 Å². The van der Waals surface area contributed by atoms with E-state index in [0.29, 0.717) is 13.0 Å². The monoisotopic (exact) mass is 181 g/mol. The van der Waals surface area contributed by atoms with Gasteiger partial charge in [0, 0.05) is 12.5 Å². The number of aldehydes is 1. The van der Waals surface area contributed by atoms with E-state index in [1.165, 1.54) is 4.90 Å². The summed E-state index contributed by atoms with van der Waals surface area (Å²) in [5, 5.41) is 8.69.